The van der Waals surface area contributed by atoms with Crippen LogP contribution < -0.4 is 5.32 Å². The minimum atomic E-state index is -0.904. The van der Waals surface area contributed by atoms with Crippen molar-refractivity contribution in [2.75, 3.05) is 5.32 Å². The molecule has 150 valence electrons. The van der Waals surface area contributed by atoms with E-state index in [-0.39, 0.29) is 5.91 Å². The first kappa shape index (κ1) is 20.1. The van der Waals surface area contributed by atoms with Crippen molar-refractivity contribution in [3.63, 3.8) is 0 Å². The van der Waals surface area contributed by atoms with Crippen molar-refractivity contribution >= 4 is 17.6 Å². The molecule has 1 aliphatic heterocycles. The van der Waals surface area contributed by atoms with Gasteiger partial charge in [-0.05, 0) is 57.1 Å². The van der Waals surface area contributed by atoms with E-state index in [1.54, 1.807) is 6.92 Å². The lowest BCUT2D eigenvalue weighted by Gasteiger charge is -2.18. The Hall–Kier alpha value is -2.63. The van der Waals surface area contributed by atoms with Crippen LogP contribution in [0.15, 0.2) is 24.3 Å². The summed E-state index contributed by atoms with van der Waals surface area (Å²) in [7, 11) is 0. The summed E-state index contributed by atoms with van der Waals surface area (Å²) in [4.78, 5) is 29.7. The Balaban J connectivity index is 1.69. The predicted octanol–water partition coefficient (Wildman–Crippen LogP) is 4.23. The van der Waals surface area contributed by atoms with Gasteiger partial charge in [0.2, 0.25) is 0 Å². The molecule has 1 aromatic carbocycles. The zero-order valence-corrected chi connectivity index (χ0v) is 17.1. The van der Waals surface area contributed by atoms with Crippen molar-refractivity contribution in [3.05, 3.63) is 47.0 Å². The second-order valence-corrected chi connectivity index (χ2v) is 7.50. The number of fused-ring (bicyclic) bond motifs is 1. The third kappa shape index (κ3) is 4.11. The third-order valence-corrected chi connectivity index (χ3v) is 5.52. The minimum absolute atomic E-state index is 0.328. The number of carbonyl (C=O) groups excluding carboxylic acids is 2. The molecule has 0 saturated carbocycles. The molecule has 2 atom stereocenters. The number of aryl methyl sites for hydroxylation is 1. The maximum absolute atomic E-state index is 12.6. The smallest absolute Gasteiger partial charge is 0.359 e. The Bertz CT molecular complexity index is 872. The Morgan fingerprint density at radius 3 is 2.75 bits per heavy atom. The first-order valence-electron chi connectivity index (χ1n) is 10.1. The average molecular weight is 383 g/mol. The number of hydrogen-bond donors (Lipinski definition) is 1. The molecule has 28 heavy (non-hydrogen) atoms. The molecule has 0 bridgehead atoms. The van der Waals surface area contributed by atoms with E-state index in [1.807, 2.05) is 31.2 Å². The van der Waals surface area contributed by atoms with Crippen LogP contribution in [-0.4, -0.2) is 27.5 Å². The van der Waals surface area contributed by atoms with Crippen molar-refractivity contribution in [1.29, 1.82) is 0 Å². The number of rotatable bonds is 6. The predicted molar refractivity (Wildman–Crippen MR) is 109 cm³/mol. The number of nitrogens with one attached hydrogen (secondary N) is 1. The summed E-state index contributed by atoms with van der Waals surface area (Å²) >= 11 is 0. The standard InChI is InChI=1S/C22H29N3O3/c1-5-14(2)17-10-6-7-11-18(17)24-21(26)15(3)28-22(27)20-19-12-8-9-13-25(19)16(4)23-20/h6-7,10-11,14-15H,5,8-9,12-13H2,1-4H3,(H,24,26)/t14-,15+/m1/s1. The van der Waals surface area contributed by atoms with Crippen LogP contribution >= 0.6 is 0 Å². The average Bonchev–Trinajstić information content (AvgIpc) is 3.05. The van der Waals surface area contributed by atoms with Crippen molar-refractivity contribution in [2.24, 2.45) is 0 Å². The highest BCUT2D eigenvalue weighted by molar-refractivity contribution is 5.97. The number of esters is 1. The Kier molecular flexibility index (Phi) is 6.17. The number of ether oxygens (including phenoxy) is 1. The van der Waals surface area contributed by atoms with Gasteiger partial charge in [-0.25, -0.2) is 9.78 Å². The van der Waals surface area contributed by atoms with Crippen LogP contribution in [0.4, 0.5) is 5.69 Å². The van der Waals surface area contributed by atoms with Crippen molar-refractivity contribution < 1.29 is 14.3 Å². The van der Waals surface area contributed by atoms with Gasteiger partial charge in [0.15, 0.2) is 11.8 Å². The second-order valence-electron chi connectivity index (χ2n) is 7.50. The fraction of sp³-hybridized carbons (Fsp3) is 0.500. The summed E-state index contributed by atoms with van der Waals surface area (Å²) in [5, 5.41) is 2.91. The topological polar surface area (TPSA) is 73.2 Å². The van der Waals surface area contributed by atoms with E-state index in [0.717, 1.165) is 55.0 Å². The van der Waals surface area contributed by atoms with Crippen LogP contribution in [-0.2, 0) is 22.5 Å². The van der Waals surface area contributed by atoms with E-state index in [0.29, 0.717) is 11.6 Å². The number of benzene rings is 1. The Morgan fingerprint density at radius 2 is 2.00 bits per heavy atom. The summed E-state index contributed by atoms with van der Waals surface area (Å²) in [5.74, 6) is 0.279. The summed E-state index contributed by atoms with van der Waals surface area (Å²) in [6.45, 7) is 8.60. The highest BCUT2D eigenvalue weighted by atomic mass is 16.5. The van der Waals surface area contributed by atoms with Gasteiger partial charge in [-0.15, -0.1) is 0 Å². The van der Waals surface area contributed by atoms with Gasteiger partial charge in [0, 0.05) is 12.2 Å². The minimum Gasteiger partial charge on any atom is -0.448 e. The van der Waals surface area contributed by atoms with Gasteiger partial charge in [0.25, 0.3) is 5.91 Å². The number of hydrogen-bond acceptors (Lipinski definition) is 4. The van der Waals surface area contributed by atoms with Gasteiger partial charge in [0.05, 0.1) is 5.69 Å². The summed E-state index contributed by atoms with van der Waals surface area (Å²) in [6, 6.07) is 7.74. The molecule has 0 saturated heterocycles. The summed E-state index contributed by atoms with van der Waals surface area (Å²) < 4.78 is 7.53. The first-order chi connectivity index (χ1) is 13.4. The quantitative estimate of drug-likeness (QED) is 0.758. The molecule has 2 aromatic rings. The molecular formula is C22H29N3O3. The molecule has 0 aliphatic carbocycles. The number of imidazole rings is 1. The number of carbonyl (C=O) groups is 2. The SMILES string of the molecule is CC[C@@H](C)c1ccccc1NC(=O)[C@H](C)OC(=O)c1nc(C)n2c1CCCC2. The van der Waals surface area contributed by atoms with Crippen LogP contribution in [0.25, 0.3) is 0 Å². The van der Waals surface area contributed by atoms with Crippen molar-refractivity contribution in [1.82, 2.24) is 9.55 Å². The molecule has 6 heteroatoms. The van der Waals surface area contributed by atoms with Crippen LogP contribution in [0.3, 0.4) is 0 Å². The summed E-state index contributed by atoms with van der Waals surface area (Å²) in [5.41, 5.74) is 3.11. The number of amides is 1. The Morgan fingerprint density at radius 1 is 1.25 bits per heavy atom. The molecule has 0 spiro atoms. The van der Waals surface area contributed by atoms with Crippen molar-refractivity contribution in [2.45, 2.75) is 71.9 Å². The van der Waals surface area contributed by atoms with E-state index in [9.17, 15) is 9.59 Å². The molecular weight excluding hydrogens is 354 g/mol. The Labute approximate surface area is 166 Å². The van der Waals surface area contributed by atoms with Gasteiger partial charge in [-0.3, -0.25) is 4.79 Å². The first-order valence-corrected chi connectivity index (χ1v) is 10.1. The monoisotopic (exact) mass is 383 g/mol. The zero-order valence-electron chi connectivity index (χ0n) is 17.1. The molecule has 1 N–H and O–H groups in total. The van der Waals surface area contributed by atoms with Crippen LogP contribution in [0, 0.1) is 6.92 Å². The van der Waals surface area contributed by atoms with Crippen LogP contribution in [0.5, 0.6) is 0 Å². The molecule has 0 unspecified atom stereocenters. The van der Waals surface area contributed by atoms with Gasteiger partial charge >= 0.3 is 5.97 Å². The van der Waals surface area contributed by atoms with E-state index in [2.05, 4.69) is 28.7 Å². The number of nitrogens with zero attached hydrogens (tertiary/aromatic N) is 2. The summed E-state index contributed by atoms with van der Waals surface area (Å²) in [6.07, 6.45) is 3.01. The molecule has 2 heterocycles. The normalized spacial score (nSPS) is 15.4. The fourth-order valence-corrected chi connectivity index (χ4v) is 3.65. The largest absolute Gasteiger partial charge is 0.448 e. The highest BCUT2D eigenvalue weighted by Crippen LogP contribution is 2.27. The second kappa shape index (κ2) is 8.59. The third-order valence-electron chi connectivity index (χ3n) is 5.52. The zero-order chi connectivity index (χ0) is 20.3. The number of aromatic nitrogens is 2. The van der Waals surface area contributed by atoms with Crippen LogP contribution in [0.1, 0.15) is 73.5 Å². The lowest BCUT2D eigenvalue weighted by Crippen LogP contribution is -2.31. The lowest BCUT2D eigenvalue weighted by atomic mass is 9.97. The van der Waals surface area contributed by atoms with Gasteiger partial charge in [-0.1, -0.05) is 32.0 Å². The van der Waals surface area contributed by atoms with Gasteiger partial charge < -0.3 is 14.6 Å². The molecule has 1 aliphatic rings. The van der Waals surface area contributed by atoms with E-state index >= 15 is 0 Å². The number of anilines is 1. The van der Waals surface area contributed by atoms with E-state index in [1.165, 1.54) is 0 Å². The number of para-hydroxylation sites is 1. The highest BCUT2D eigenvalue weighted by Gasteiger charge is 2.27. The maximum atomic E-state index is 12.6. The molecule has 3 rings (SSSR count). The molecule has 0 fully saturated rings. The maximum Gasteiger partial charge on any atom is 0.359 e. The lowest BCUT2D eigenvalue weighted by molar-refractivity contribution is -0.123. The fourth-order valence-electron chi connectivity index (χ4n) is 3.65. The van der Waals surface area contributed by atoms with Crippen LogP contribution in [0.2, 0.25) is 0 Å². The van der Waals surface area contributed by atoms with E-state index in [4.69, 9.17) is 4.74 Å². The van der Waals surface area contributed by atoms with Gasteiger partial charge in [-0.2, -0.15) is 0 Å². The molecule has 1 aromatic heterocycles. The molecule has 6 nitrogen and oxygen atoms in total. The molecule has 1 amide bonds. The molecule has 0 radical (unpaired) electrons. The van der Waals surface area contributed by atoms with Gasteiger partial charge in [0.1, 0.15) is 5.82 Å². The van der Waals surface area contributed by atoms with E-state index < -0.39 is 12.1 Å². The van der Waals surface area contributed by atoms with Crippen molar-refractivity contribution in [3.8, 4) is 0 Å².